The van der Waals surface area contributed by atoms with Gasteiger partial charge >= 0.3 is 0 Å². The first-order chi connectivity index (χ1) is 12.2. The van der Waals surface area contributed by atoms with Gasteiger partial charge in [-0.2, -0.15) is 0 Å². The number of hydrogen-bond donors (Lipinski definition) is 2. The molecule has 0 aromatic heterocycles. The molecule has 2 N–H and O–H groups in total. The van der Waals surface area contributed by atoms with E-state index in [4.69, 9.17) is 5.11 Å². The quantitative estimate of drug-likeness (QED) is 0.748. The van der Waals surface area contributed by atoms with E-state index >= 15 is 0 Å². The zero-order chi connectivity index (χ0) is 17.6. The summed E-state index contributed by atoms with van der Waals surface area (Å²) < 4.78 is 0. The lowest BCUT2D eigenvalue weighted by Gasteiger charge is -2.23. The van der Waals surface area contributed by atoms with Crippen molar-refractivity contribution in [3.05, 3.63) is 41.5 Å². The number of hydrogen-bond acceptors (Lipinski definition) is 3. The summed E-state index contributed by atoms with van der Waals surface area (Å²) >= 11 is 0. The van der Waals surface area contributed by atoms with Gasteiger partial charge in [-0.1, -0.05) is 12.1 Å². The topological polar surface area (TPSA) is 69.6 Å². The zero-order valence-corrected chi connectivity index (χ0v) is 14.5. The Morgan fingerprint density at radius 2 is 1.96 bits per heavy atom. The molecule has 0 spiro atoms. The molecule has 1 aromatic rings. The van der Waals surface area contributed by atoms with Gasteiger partial charge in [-0.15, -0.1) is 0 Å². The summed E-state index contributed by atoms with van der Waals surface area (Å²) in [5.74, 6) is -0.00566. The van der Waals surface area contributed by atoms with Crippen LogP contribution in [0.15, 0.2) is 30.3 Å². The van der Waals surface area contributed by atoms with Crippen LogP contribution >= 0.6 is 0 Å². The Bertz CT molecular complexity index is 635. The molecule has 25 heavy (non-hydrogen) atoms. The van der Waals surface area contributed by atoms with Gasteiger partial charge in [0.2, 0.25) is 5.91 Å². The second-order valence-corrected chi connectivity index (χ2v) is 6.90. The monoisotopic (exact) mass is 342 g/mol. The summed E-state index contributed by atoms with van der Waals surface area (Å²) in [5, 5.41) is 11.9. The van der Waals surface area contributed by atoms with Crippen LogP contribution in [0.25, 0.3) is 6.08 Å². The van der Waals surface area contributed by atoms with E-state index in [2.05, 4.69) is 5.32 Å². The molecule has 1 saturated carbocycles. The van der Waals surface area contributed by atoms with Gasteiger partial charge in [-0.05, 0) is 62.3 Å². The standard InChI is InChI=1S/C20H26N2O3/c23-14-2-4-18-3-1-13-22(18)19(24)12-7-15-5-8-16(9-6-15)20(25)21-17-10-11-17/h5-9,12,17-18,23H,1-4,10-11,13-14H2,(H,21,25)/b12-7+. The molecule has 1 unspecified atom stereocenters. The highest BCUT2D eigenvalue weighted by molar-refractivity contribution is 5.95. The predicted octanol–water partition coefficient (Wildman–Crippen LogP) is 2.36. The Labute approximate surface area is 148 Å². The maximum atomic E-state index is 12.4. The van der Waals surface area contributed by atoms with Crippen molar-refractivity contribution in [3.63, 3.8) is 0 Å². The van der Waals surface area contributed by atoms with Crippen molar-refractivity contribution in [1.82, 2.24) is 10.2 Å². The van der Waals surface area contributed by atoms with E-state index < -0.39 is 0 Å². The Balaban J connectivity index is 1.55. The van der Waals surface area contributed by atoms with Crippen molar-refractivity contribution in [2.75, 3.05) is 13.2 Å². The number of aliphatic hydroxyl groups excluding tert-OH is 1. The minimum absolute atomic E-state index is 0.0241. The molecule has 1 aliphatic heterocycles. The fourth-order valence-electron chi connectivity index (χ4n) is 3.26. The summed E-state index contributed by atoms with van der Waals surface area (Å²) in [6.45, 7) is 0.967. The Morgan fingerprint density at radius 1 is 1.20 bits per heavy atom. The Kier molecular flexibility index (Phi) is 5.87. The van der Waals surface area contributed by atoms with E-state index in [0.717, 1.165) is 50.6 Å². The average Bonchev–Trinajstić information content (AvgIpc) is 3.32. The van der Waals surface area contributed by atoms with Crippen LogP contribution in [0.5, 0.6) is 0 Å². The molecule has 2 aliphatic rings. The molecule has 1 aromatic carbocycles. The van der Waals surface area contributed by atoms with Crippen LogP contribution in [0, 0.1) is 0 Å². The van der Waals surface area contributed by atoms with Gasteiger partial charge < -0.3 is 15.3 Å². The van der Waals surface area contributed by atoms with Gasteiger partial charge in [0.15, 0.2) is 0 Å². The molecule has 0 bridgehead atoms. The second-order valence-electron chi connectivity index (χ2n) is 6.90. The highest BCUT2D eigenvalue weighted by Gasteiger charge is 2.26. The third-order valence-corrected chi connectivity index (χ3v) is 4.86. The molecule has 3 rings (SSSR count). The van der Waals surface area contributed by atoms with E-state index in [1.54, 1.807) is 24.3 Å². The first kappa shape index (κ1) is 17.7. The highest BCUT2D eigenvalue weighted by atomic mass is 16.3. The van der Waals surface area contributed by atoms with Crippen molar-refractivity contribution in [2.45, 2.75) is 50.6 Å². The van der Waals surface area contributed by atoms with Crippen LogP contribution in [0.1, 0.15) is 54.4 Å². The van der Waals surface area contributed by atoms with Gasteiger partial charge in [0.05, 0.1) is 0 Å². The van der Waals surface area contributed by atoms with Crippen LogP contribution in [0.2, 0.25) is 0 Å². The van der Waals surface area contributed by atoms with Gasteiger partial charge in [-0.3, -0.25) is 9.59 Å². The third kappa shape index (κ3) is 4.92. The summed E-state index contributed by atoms with van der Waals surface area (Å²) in [6.07, 6.45) is 9.20. The van der Waals surface area contributed by atoms with Gasteiger partial charge in [-0.25, -0.2) is 0 Å². The number of carbonyl (C=O) groups is 2. The van der Waals surface area contributed by atoms with E-state index in [-0.39, 0.29) is 24.5 Å². The summed E-state index contributed by atoms with van der Waals surface area (Å²) in [4.78, 5) is 26.3. The molecular weight excluding hydrogens is 316 g/mol. The summed E-state index contributed by atoms with van der Waals surface area (Å²) in [6, 6.07) is 7.91. The van der Waals surface area contributed by atoms with Crippen molar-refractivity contribution in [2.24, 2.45) is 0 Å². The fourth-order valence-corrected chi connectivity index (χ4v) is 3.26. The van der Waals surface area contributed by atoms with E-state index in [9.17, 15) is 9.59 Å². The molecule has 0 radical (unpaired) electrons. The number of benzene rings is 1. The fraction of sp³-hybridized carbons (Fsp3) is 0.500. The predicted molar refractivity (Wildman–Crippen MR) is 97.0 cm³/mol. The number of nitrogens with zero attached hydrogens (tertiary/aromatic N) is 1. The van der Waals surface area contributed by atoms with Gasteiger partial charge in [0, 0.05) is 36.9 Å². The van der Waals surface area contributed by atoms with Crippen LogP contribution in [0.3, 0.4) is 0 Å². The lowest BCUT2D eigenvalue weighted by molar-refractivity contribution is -0.126. The first-order valence-electron chi connectivity index (χ1n) is 9.18. The van der Waals surface area contributed by atoms with Crippen molar-refractivity contribution < 1.29 is 14.7 Å². The van der Waals surface area contributed by atoms with E-state index in [1.165, 1.54) is 0 Å². The molecule has 1 heterocycles. The number of rotatable bonds is 7. The average molecular weight is 342 g/mol. The highest BCUT2D eigenvalue weighted by Crippen LogP contribution is 2.22. The molecular formula is C20H26N2O3. The molecule has 5 heteroatoms. The maximum Gasteiger partial charge on any atom is 0.251 e. The lowest BCUT2D eigenvalue weighted by atomic mass is 10.1. The number of amides is 2. The second kappa shape index (κ2) is 8.30. The molecule has 1 saturated heterocycles. The lowest BCUT2D eigenvalue weighted by Crippen LogP contribution is -2.34. The summed E-state index contributed by atoms with van der Waals surface area (Å²) in [5.41, 5.74) is 1.56. The first-order valence-corrected chi connectivity index (χ1v) is 9.18. The summed E-state index contributed by atoms with van der Waals surface area (Å²) in [7, 11) is 0. The van der Waals surface area contributed by atoms with E-state index in [0.29, 0.717) is 11.6 Å². The minimum atomic E-state index is -0.0297. The van der Waals surface area contributed by atoms with Crippen molar-refractivity contribution >= 4 is 17.9 Å². The molecule has 5 nitrogen and oxygen atoms in total. The number of nitrogens with one attached hydrogen (secondary N) is 1. The van der Waals surface area contributed by atoms with Gasteiger partial charge in [0.1, 0.15) is 0 Å². The van der Waals surface area contributed by atoms with Crippen LogP contribution < -0.4 is 5.32 Å². The van der Waals surface area contributed by atoms with Crippen LogP contribution in [-0.2, 0) is 4.79 Å². The van der Waals surface area contributed by atoms with E-state index in [1.807, 2.05) is 17.0 Å². The van der Waals surface area contributed by atoms with Crippen LogP contribution in [-0.4, -0.2) is 47.1 Å². The van der Waals surface area contributed by atoms with Crippen molar-refractivity contribution in [3.8, 4) is 0 Å². The third-order valence-electron chi connectivity index (χ3n) is 4.86. The molecule has 2 fully saturated rings. The smallest absolute Gasteiger partial charge is 0.251 e. The van der Waals surface area contributed by atoms with Crippen molar-refractivity contribution in [1.29, 1.82) is 0 Å². The largest absolute Gasteiger partial charge is 0.396 e. The number of likely N-dealkylation sites (tertiary alicyclic amines) is 1. The molecule has 134 valence electrons. The molecule has 2 amide bonds. The minimum Gasteiger partial charge on any atom is -0.396 e. The number of carbonyl (C=O) groups excluding carboxylic acids is 2. The maximum absolute atomic E-state index is 12.4. The SMILES string of the molecule is O=C(NC1CC1)c1ccc(/C=C/C(=O)N2CCCC2CCCO)cc1. The van der Waals surface area contributed by atoms with Crippen LogP contribution in [0.4, 0.5) is 0 Å². The molecule has 1 atom stereocenters. The molecule has 1 aliphatic carbocycles. The zero-order valence-electron chi connectivity index (χ0n) is 14.5. The van der Waals surface area contributed by atoms with Gasteiger partial charge in [0.25, 0.3) is 5.91 Å². The Hall–Kier alpha value is -2.14. The number of aliphatic hydroxyl groups is 1. The normalized spacial score (nSPS) is 20.2. The Morgan fingerprint density at radius 3 is 2.64 bits per heavy atom.